The number of nitrogens with one attached hydrogen (secondary N) is 1. The third kappa shape index (κ3) is 3.12. The van der Waals surface area contributed by atoms with E-state index in [9.17, 15) is 0 Å². The molecule has 0 aromatic carbocycles. The van der Waals surface area contributed by atoms with E-state index in [1.807, 2.05) is 0 Å². The van der Waals surface area contributed by atoms with Crippen LogP contribution in [0.15, 0.2) is 4.42 Å². The average Bonchev–Trinajstić information content (AvgIpc) is 3.03. The van der Waals surface area contributed by atoms with Crippen molar-refractivity contribution in [2.24, 2.45) is 0 Å². The van der Waals surface area contributed by atoms with Crippen molar-refractivity contribution >= 4 is 6.01 Å². The molecule has 0 aliphatic carbocycles. The van der Waals surface area contributed by atoms with Gasteiger partial charge in [0.2, 0.25) is 5.89 Å². The Morgan fingerprint density at radius 1 is 1.25 bits per heavy atom. The average molecular weight is 279 g/mol. The van der Waals surface area contributed by atoms with Gasteiger partial charge < -0.3 is 14.6 Å². The largest absolute Gasteiger partial charge is 0.407 e. The first kappa shape index (κ1) is 13.8. The second-order valence-electron chi connectivity index (χ2n) is 6.86. The Morgan fingerprint density at radius 2 is 2.10 bits per heavy atom. The zero-order valence-electron chi connectivity index (χ0n) is 12.7. The molecular formula is C14H25N5O. The number of aromatic nitrogens is 2. The second-order valence-corrected chi connectivity index (χ2v) is 6.86. The fourth-order valence-electron chi connectivity index (χ4n) is 2.95. The van der Waals surface area contributed by atoms with Crippen molar-refractivity contribution in [3.8, 4) is 0 Å². The van der Waals surface area contributed by atoms with Crippen LogP contribution in [0.4, 0.5) is 6.01 Å². The summed E-state index contributed by atoms with van der Waals surface area (Å²) in [6.45, 7) is 11.4. The van der Waals surface area contributed by atoms with E-state index in [1.165, 1.54) is 19.4 Å². The molecule has 1 aromatic heterocycles. The highest BCUT2D eigenvalue weighted by Gasteiger charge is 2.32. The molecular weight excluding hydrogens is 254 g/mol. The Morgan fingerprint density at radius 3 is 2.90 bits per heavy atom. The van der Waals surface area contributed by atoms with Crippen LogP contribution in [0.5, 0.6) is 0 Å². The minimum absolute atomic E-state index is 0.0596. The summed E-state index contributed by atoms with van der Waals surface area (Å²) >= 11 is 0. The second kappa shape index (κ2) is 5.33. The highest BCUT2D eigenvalue weighted by atomic mass is 16.4. The number of rotatable bonds is 3. The lowest BCUT2D eigenvalue weighted by Gasteiger charge is -2.36. The van der Waals surface area contributed by atoms with E-state index in [4.69, 9.17) is 4.42 Å². The van der Waals surface area contributed by atoms with Crippen LogP contribution >= 0.6 is 0 Å². The summed E-state index contributed by atoms with van der Waals surface area (Å²) in [5.74, 6) is 0.670. The molecule has 2 aliphatic rings. The molecule has 2 fully saturated rings. The van der Waals surface area contributed by atoms with Gasteiger partial charge in [0.25, 0.3) is 0 Å². The minimum Gasteiger partial charge on any atom is -0.407 e. The number of piperazine rings is 1. The van der Waals surface area contributed by atoms with Crippen LogP contribution in [0, 0.1) is 0 Å². The molecule has 3 heterocycles. The monoisotopic (exact) mass is 279 g/mol. The van der Waals surface area contributed by atoms with E-state index < -0.39 is 0 Å². The molecule has 112 valence electrons. The zero-order valence-corrected chi connectivity index (χ0v) is 12.7. The molecule has 3 rings (SSSR count). The minimum atomic E-state index is 0.0596. The Hall–Kier alpha value is -1.14. The molecule has 1 atom stereocenters. The summed E-state index contributed by atoms with van der Waals surface area (Å²) < 4.78 is 5.79. The van der Waals surface area contributed by atoms with Crippen LogP contribution in [-0.2, 0) is 6.54 Å². The first-order chi connectivity index (χ1) is 9.51. The van der Waals surface area contributed by atoms with Gasteiger partial charge >= 0.3 is 6.01 Å². The fourth-order valence-corrected chi connectivity index (χ4v) is 2.95. The molecule has 0 spiro atoms. The van der Waals surface area contributed by atoms with Crippen LogP contribution in [0.1, 0.15) is 39.5 Å². The van der Waals surface area contributed by atoms with Crippen molar-refractivity contribution < 1.29 is 4.42 Å². The zero-order chi connectivity index (χ0) is 14.2. The maximum Gasteiger partial charge on any atom is 0.318 e. The first-order valence-corrected chi connectivity index (χ1v) is 7.58. The summed E-state index contributed by atoms with van der Waals surface area (Å²) in [5, 5.41) is 11.7. The molecule has 0 saturated carbocycles. The van der Waals surface area contributed by atoms with Gasteiger partial charge in [-0.05, 0) is 40.2 Å². The predicted octanol–water partition coefficient (Wildman–Crippen LogP) is 1.24. The molecule has 0 bridgehead atoms. The van der Waals surface area contributed by atoms with E-state index in [0.717, 1.165) is 19.6 Å². The SMILES string of the molecule is CC(C)(C)NCc1nnc(N2CCN3CCCC3C2)o1. The van der Waals surface area contributed by atoms with Crippen LogP contribution < -0.4 is 10.2 Å². The summed E-state index contributed by atoms with van der Waals surface area (Å²) in [4.78, 5) is 4.81. The Bertz CT molecular complexity index is 453. The summed E-state index contributed by atoms with van der Waals surface area (Å²) in [5.41, 5.74) is 0.0596. The number of fused-ring (bicyclic) bond motifs is 1. The smallest absolute Gasteiger partial charge is 0.318 e. The highest BCUT2D eigenvalue weighted by molar-refractivity contribution is 5.26. The third-order valence-electron chi connectivity index (χ3n) is 4.08. The Balaban J connectivity index is 1.59. The quantitative estimate of drug-likeness (QED) is 0.898. The van der Waals surface area contributed by atoms with Gasteiger partial charge in [0, 0.05) is 31.2 Å². The molecule has 2 saturated heterocycles. The summed E-state index contributed by atoms with van der Waals surface area (Å²) in [6.07, 6.45) is 2.62. The maximum absolute atomic E-state index is 5.79. The molecule has 1 unspecified atom stereocenters. The molecule has 0 radical (unpaired) electrons. The lowest BCUT2D eigenvalue weighted by atomic mass is 10.1. The van der Waals surface area contributed by atoms with E-state index in [1.54, 1.807) is 0 Å². The predicted molar refractivity (Wildman–Crippen MR) is 77.7 cm³/mol. The summed E-state index contributed by atoms with van der Waals surface area (Å²) in [6, 6.07) is 1.36. The fraction of sp³-hybridized carbons (Fsp3) is 0.857. The van der Waals surface area contributed by atoms with Crippen LogP contribution in [0.25, 0.3) is 0 Å². The van der Waals surface area contributed by atoms with Crippen molar-refractivity contribution in [3.05, 3.63) is 5.89 Å². The van der Waals surface area contributed by atoms with Crippen molar-refractivity contribution in [2.75, 3.05) is 31.1 Å². The van der Waals surface area contributed by atoms with Gasteiger partial charge in [-0.25, -0.2) is 0 Å². The molecule has 2 aliphatic heterocycles. The Kier molecular flexibility index (Phi) is 3.69. The van der Waals surface area contributed by atoms with E-state index in [2.05, 4.69) is 46.1 Å². The van der Waals surface area contributed by atoms with Gasteiger partial charge in [-0.1, -0.05) is 5.10 Å². The highest BCUT2D eigenvalue weighted by Crippen LogP contribution is 2.24. The van der Waals surface area contributed by atoms with Crippen LogP contribution in [-0.4, -0.2) is 52.9 Å². The normalized spacial score (nSPS) is 24.1. The van der Waals surface area contributed by atoms with E-state index in [0.29, 0.717) is 24.5 Å². The topological polar surface area (TPSA) is 57.4 Å². The molecule has 20 heavy (non-hydrogen) atoms. The molecule has 6 nitrogen and oxygen atoms in total. The van der Waals surface area contributed by atoms with Crippen molar-refractivity contribution in [1.82, 2.24) is 20.4 Å². The number of hydrogen-bond acceptors (Lipinski definition) is 6. The molecule has 6 heteroatoms. The lowest BCUT2D eigenvalue weighted by molar-refractivity contribution is 0.225. The maximum atomic E-state index is 5.79. The van der Waals surface area contributed by atoms with Gasteiger partial charge in [-0.2, -0.15) is 0 Å². The Labute approximate surface area is 120 Å². The standard InChI is InChI=1S/C14H25N5O/c1-14(2,3)15-9-12-16-17-13(20-12)19-8-7-18-6-4-5-11(18)10-19/h11,15H,4-10H2,1-3H3. The van der Waals surface area contributed by atoms with Crippen molar-refractivity contribution in [2.45, 2.75) is 51.7 Å². The molecule has 0 amide bonds. The van der Waals surface area contributed by atoms with E-state index >= 15 is 0 Å². The van der Waals surface area contributed by atoms with Crippen LogP contribution in [0.2, 0.25) is 0 Å². The van der Waals surface area contributed by atoms with Gasteiger partial charge in [0.15, 0.2) is 0 Å². The molecule has 1 N–H and O–H groups in total. The van der Waals surface area contributed by atoms with Gasteiger partial charge in [-0.3, -0.25) is 4.90 Å². The first-order valence-electron chi connectivity index (χ1n) is 7.58. The third-order valence-corrected chi connectivity index (χ3v) is 4.08. The number of anilines is 1. The number of hydrogen-bond donors (Lipinski definition) is 1. The van der Waals surface area contributed by atoms with Gasteiger partial charge in [-0.15, -0.1) is 5.10 Å². The van der Waals surface area contributed by atoms with Gasteiger partial charge in [0.05, 0.1) is 6.54 Å². The van der Waals surface area contributed by atoms with Gasteiger partial charge in [0.1, 0.15) is 0 Å². The van der Waals surface area contributed by atoms with Crippen molar-refractivity contribution in [3.63, 3.8) is 0 Å². The van der Waals surface area contributed by atoms with E-state index in [-0.39, 0.29) is 5.54 Å². The lowest BCUT2D eigenvalue weighted by Crippen LogP contribution is -2.50. The van der Waals surface area contributed by atoms with Crippen LogP contribution in [0.3, 0.4) is 0 Å². The number of nitrogens with zero attached hydrogens (tertiary/aromatic N) is 4. The van der Waals surface area contributed by atoms with Crippen molar-refractivity contribution in [1.29, 1.82) is 0 Å². The molecule has 1 aromatic rings. The summed E-state index contributed by atoms with van der Waals surface area (Å²) in [7, 11) is 0.